The van der Waals surface area contributed by atoms with E-state index in [1.54, 1.807) is 12.1 Å². The summed E-state index contributed by atoms with van der Waals surface area (Å²) >= 11 is 0. The van der Waals surface area contributed by atoms with Gasteiger partial charge in [0.2, 0.25) is 15.9 Å². The van der Waals surface area contributed by atoms with Crippen molar-refractivity contribution in [1.82, 2.24) is 4.72 Å². The summed E-state index contributed by atoms with van der Waals surface area (Å²) in [6, 6.07) is 10.9. The number of ether oxygens (including phenoxy) is 1. The summed E-state index contributed by atoms with van der Waals surface area (Å²) in [6.07, 6.45) is 0.381. The molecule has 0 bridgehead atoms. The standard InChI is InChI=1S/C21H28N2O4S/c1-14(2)10-20(21(24)22-17-12-15(3)11-16(4)13-17)23-28(25,26)19-8-6-18(27-5)7-9-19/h6-9,11-14,20,23H,10H2,1-5H3,(H,22,24)/t20-/m0/s1. The average Bonchev–Trinajstić information content (AvgIpc) is 2.59. The number of hydrogen-bond donors (Lipinski definition) is 2. The largest absolute Gasteiger partial charge is 0.497 e. The normalized spacial score (nSPS) is 12.6. The summed E-state index contributed by atoms with van der Waals surface area (Å²) in [5.41, 5.74) is 2.70. The molecule has 0 saturated heterocycles. The van der Waals surface area contributed by atoms with Gasteiger partial charge in [-0.2, -0.15) is 4.72 Å². The molecule has 2 aromatic carbocycles. The molecule has 0 aliphatic carbocycles. The van der Waals surface area contributed by atoms with E-state index in [0.29, 0.717) is 17.9 Å². The second kappa shape index (κ2) is 9.21. The Morgan fingerprint density at radius 3 is 2.11 bits per heavy atom. The highest BCUT2D eigenvalue weighted by atomic mass is 32.2. The Bertz CT molecular complexity index is 902. The summed E-state index contributed by atoms with van der Waals surface area (Å²) in [4.78, 5) is 12.9. The molecular weight excluding hydrogens is 376 g/mol. The van der Waals surface area contributed by atoms with Crippen molar-refractivity contribution in [3.63, 3.8) is 0 Å². The number of carbonyl (C=O) groups is 1. The molecule has 0 aliphatic rings. The Morgan fingerprint density at radius 2 is 1.61 bits per heavy atom. The molecule has 2 aromatic rings. The van der Waals surface area contributed by atoms with Crippen LogP contribution in [0.1, 0.15) is 31.4 Å². The first-order valence-electron chi connectivity index (χ1n) is 9.16. The van der Waals surface area contributed by atoms with E-state index in [0.717, 1.165) is 11.1 Å². The van der Waals surface area contributed by atoms with E-state index in [2.05, 4.69) is 10.0 Å². The molecule has 0 heterocycles. The molecule has 6 nitrogen and oxygen atoms in total. The first-order chi connectivity index (χ1) is 13.1. The van der Waals surface area contributed by atoms with Gasteiger partial charge in [0.05, 0.1) is 12.0 Å². The van der Waals surface area contributed by atoms with Gasteiger partial charge in [0.1, 0.15) is 11.8 Å². The second-order valence-corrected chi connectivity index (χ2v) is 9.06. The number of hydrogen-bond acceptors (Lipinski definition) is 4. The van der Waals surface area contributed by atoms with Crippen molar-refractivity contribution in [2.75, 3.05) is 12.4 Å². The summed E-state index contributed by atoms with van der Waals surface area (Å²) in [7, 11) is -2.34. The van der Waals surface area contributed by atoms with Gasteiger partial charge in [-0.25, -0.2) is 8.42 Å². The third-order valence-electron chi connectivity index (χ3n) is 4.18. The molecule has 28 heavy (non-hydrogen) atoms. The van der Waals surface area contributed by atoms with Crippen molar-refractivity contribution >= 4 is 21.6 Å². The number of benzene rings is 2. The molecule has 0 fully saturated rings. The van der Waals surface area contributed by atoms with E-state index in [9.17, 15) is 13.2 Å². The lowest BCUT2D eigenvalue weighted by Gasteiger charge is -2.20. The topological polar surface area (TPSA) is 84.5 Å². The number of aryl methyl sites for hydroxylation is 2. The fourth-order valence-corrected chi connectivity index (χ4v) is 4.17. The zero-order valence-electron chi connectivity index (χ0n) is 16.9. The Hall–Kier alpha value is -2.38. The van der Waals surface area contributed by atoms with E-state index < -0.39 is 16.1 Å². The van der Waals surface area contributed by atoms with Crippen LogP contribution in [-0.4, -0.2) is 27.5 Å². The van der Waals surface area contributed by atoms with Crippen molar-refractivity contribution in [2.45, 2.75) is 45.1 Å². The van der Waals surface area contributed by atoms with Crippen LogP contribution < -0.4 is 14.8 Å². The van der Waals surface area contributed by atoms with Crippen LogP contribution in [0.3, 0.4) is 0 Å². The number of rotatable bonds is 8. The van der Waals surface area contributed by atoms with Gasteiger partial charge in [0.25, 0.3) is 0 Å². The highest BCUT2D eigenvalue weighted by Crippen LogP contribution is 2.18. The van der Waals surface area contributed by atoms with Crippen LogP contribution in [0.4, 0.5) is 5.69 Å². The van der Waals surface area contributed by atoms with Crippen LogP contribution in [0.5, 0.6) is 5.75 Å². The average molecular weight is 405 g/mol. The fourth-order valence-electron chi connectivity index (χ4n) is 2.97. The van der Waals surface area contributed by atoms with Crippen LogP contribution in [0.15, 0.2) is 47.4 Å². The van der Waals surface area contributed by atoms with E-state index >= 15 is 0 Å². The van der Waals surface area contributed by atoms with Gasteiger partial charge >= 0.3 is 0 Å². The Labute approximate surface area is 167 Å². The predicted octanol–water partition coefficient (Wildman–Crippen LogP) is 3.64. The fraction of sp³-hybridized carbons (Fsp3) is 0.381. The lowest BCUT2D eigenvalue weighted by molar-refractivity contribution is -0.118. The van der Waals surface area contributed by atoms with Gasteiger partial charge in [0, 0.05) is 5.69 Å². The first-order valence-corrected chi connectivity index (χ1v) is 10.6. The molecule has 0 spiro atoms. The molecule has 7 heteroatoms. The van der Waals surface area contributed by atoms with Gasteiger partial charge in [0.15, 0.2) is 0 Å². The Morgan fingerprint density at radius 1 is 1.04 bits per heavy atom. The van der Waals surface area contributed by atoms with Crippen LogP contribution in [0.25, 0.3) is 0 Å². The van der Waals surface area contributed by atoms with Gasteiger partial charge in [-0.1, -0.05) is 19.9 Å². The maximum atomic E-state index is 12.8. The summed E-state index contributed by atoms with van der Waals surface area (Å²) in [6.45, 7) is 7.78. The minimum Gasteiger partial charge on any atom is -0.497 e. The van der Waals surface area contributed by atoms with E-state index in [1.165, 1.54) is 19.2 Å². The highest BCUT2D eigenvalue weighted by molar-refractivity contribution is 7.89. The summed E-state index contributed by atoms with van der Waals surface area (Å²) in [5, 5.41) is 2.84. The first kappa shape index (κ1) is 21.9. The van der Waals surface area contributed by atoms with Gasteiger partial charge < -0.3 is 10.1 Å². The molecule has 0 radical (unpaired) electrons. The van der Waals surface area contributed by atoms with Gasteiger partial charge in [-0.05, 0) is 73.7 Å². The van der Waals surface area contributed by atoms with Crippen LogP contribution in [0.2, 0.25) is 0 Å². The minimum atomic E-state index is -3.85. The summed E-state index contributed by atoms with van der Waals surface area (Å²) in [5.74, 6) is 0.314. The number of methoxy groups -OCH3 is 1. The van der Waals surface area contributed by atoms with Crippen molar-refractivity contribution in [3.05, 3.63) is 53.6 Å². The Kier molecular flexibility index (Phi) is 7.21. The summed E-state index contributed by atoms with van der Waals surface area (Å²) < 4.78 is 33.1. The van der Waals surface area contributed by atoms with Crippen molar-refractivity contribution in [1.29, 1.82) is 0 Å². The van der Waals surface area contributed by atoms with Crippen LogP contribution in [-0.2, 0) is 14.8 Å². The quantitative estimate of drug-likeness (QED) is 0.703. The van der Waals surface area contributed by atoms with Crippen molar-refractivity contribution < 1.29 is 17.9 Å². The SMILES string of the molecule is COc1ccc(S(=O)(=O)N[C@@H](CC(C)C)C(=O)Nc2cc(C)cc(C)c2)cc1. The molecule has 0 aromatic heterocycles. The molecule has 2 rings (SSSR count). The van der Waals surface area contributed by atoms with Gasteiger partial charge in [-0.15, -0.1) is 0 Å². The zero-order valence-corrected chi connectivity index (χ0v) is 17.8. The smallest absolute Gasteiger partial charge is 0.242 e. The molecule has 0 unspecified atom stereocenters. The van der Waals surface area contributed by atoms with Crippen molar-refractivity contribution in [3.8, 4) is 5.75 Å². The number of sulfonamides is 1. The third kappa shape index (κ3) is 6.07. The lowest BCUT2D eigenvalue weighted by Crippen LogP contribution is -2.44. The number of carbonyl (C=O) groups excluding carboxylic acids is 1. The molecule has 0 saturated carbocycles. The van der Waals surface area contributed by atoms with Crippen LogP contribution in [0, 0.1) is 19.8 Å². The predicted molar refractivity (Wildman–Crippen MR) is 111 cm³/mol. The lowest BCUT2D eigenvalue weighted by atomic mass is 10.0. The molecule has 0 aliphatic heterocycles. The van der Waals surface area contributed by atoms with E-state index in [1.807, 2.05) is 45.9 Å². The highest BCUT2D eigenvalue weighted by Gasteiger charge is 2.26. The number of anilines is 1. The molecular formula is C21H28N2O4S. The second-order valence-electron chi connectivity index (χ2n) is 7.34. The maximum absolute atomic E-state index is 12.8. The van der Waals surface area contributed by atoms with E-state index in [-0.39, 0.29) is 16.7 Å². The molecule has 1 amide bonds. The van der Waals surface area contributed by atoms with Crippen molar-refractivity contribution in [2.24, 2.45) is 5.92 Å². The molecule has 2 N–H and O–H groups in total. The minimum absolute atomic E-state index is 0.0845. The van der Waals surface area contributed by atoms with Gasteiger partial charge in [-0.3, -0.25) is 4.79 Å². The number of nitrogens with one attached hydrogen (secondary N) is 2. The molecule has 1 atom stereocenters. The maximum Gasteiger partial charge on any atom is 0.242 e. The van der Waals surface area contributed by atoms with E-state index in [4.69, 9.17) is 4.74 Å². The monoisotopic (exact) mass is 404 g/mol. The third-order valence-corrected chi connectivity index (χ3v) is 5.67. The molecule has 152 valence electrons. The van der Waals surface area contributed by atoms with Crippen LogP contribution >= 0.6 is 0 Å². The zero-order chi connectivity index (χ0) is 20.9. The number of amides is 1. The Balaban J connectivity index is 2.22.